The van der Waals surface area contributed by atoms with Gasteiger partial charge < -0.3 is 0 Å². The van der Waals surface area contributed by atoms with Crippen LogP contribution in [0.2, 0.25) is 37.1 Å². The molecule has 0 saturated carbocycles. The summed E-state index contributed by atoms with van der Waals surface area (Å²) in [5.41, 5.74) is 0. The van der Waals surface area contributed by atoms with E-state index in [0.717, 1.165) is 0 Å². The quantitative estimate of drug-likeness (QED) is 0.567. The second-order valence-corrected chi connectivity index (χ2v) is 30.0. The van der Waals surface area contributed by atoms with Gasteiger partial charge in [0.05, 0.1) is 0 Å². The van der Waals surface area contributed by atoms with E-state index < -0.39 is 18.9 Å². The van der Waals surface area contributed by atoms with Gasteiger partial charge in [-0.3, -0.25) is 0 Å². The molecule has 2 heteroatoms. The summed E-state index contributed by atoms with van der Waals surface area (Å²) < 4.78 is 0. The summed E-state index contributed by atoms with van der Waals surface area (Å²) in [6.45, 7) is 6.73. The van der Waals surface area contributed by atoms with E-state index >= 15 is 0 Å². The SMILES string of the molecule is C[Si](C)(C)[Se](C)(C)C. The zero-order chi connectivity index (χ0) is 7.00. The number of hydrogen-bond donors (Lipinski definition) is 0. The molecule has 0 aliphatic rings. The van der Waals surface area contributed by atoms with Crippen LogP contribution in [0.4, 0.5) is 0 Å². The van der Waals surface area contributed by atoms with Gasteiger partial charge >= 0.3 is 56.0 Å². The van der Waals surface area contributed by atoms with Crippen molar-refractivity contribution >= 4 is 18.9 Å². The molecule has 0 aliphatic heterocycles. The van der Waals surface area contributed by atoms with Crippen molar-refractivity contribution in [2.75, 3.05) is 0 Å². The van der Waals surface area contributed by atoms with Crippen LogP contribution in [-0.2, 0) is 0 Å². The van der Waals surface area contributed by atoms with Gasteiger partial charge in [0.1, 0.15) is 0 Å². The van der Waals surface area contributed by atoms with Crippen molar-refractivity contribution < 1.29 is 0 Å². The zero-order valence-electron chi connectivity index (χ0n) is 6.91. The van der Waals surface area contributed by atoms with Crippen molar-refractivity contribution in [2.24, 2.45) is 0 Å². The van der Waals surface area contributed by atoms with Crippen molar-refractivity contribution in [3.63, 3.8) is 0 Å². The molecule has 0 spiro atoms. The van der Waals surface area contributed by atoms with E-state index in [2.05, 4.69) is 37.1 Å². The fourth-order valence-electron chi connectivity index (χ4n) is 0. The third-order valence-electron chi connectivity index (χ3n) is 1.84. The second-order valence-electron chi connectivity index (χ2n) is 3.95. The molecule has 52 valence electrons. The number of rotatable bonds is 1. The Hall–Kier alpha value is 0.736. The summed E-state index contributed by atoms with van der Waals surface area (Å²) in [6.07, 6.45) is 0. The molecule has 0 bridgehead atoms. The Bertz CT molecular complexity index is 63.5. The van der Waals surface area contributed by atoms with Crippen LogP contribution in [-0.4, -0.2) is 18.9 Å². The van der Waals surface area contributed by atoms with Gasteiger partial charge in [-0.1, -0.05) is 0 Å². The fourth-order valence-corrected chi connectivity index (χ4v) is 0. The van der Waals surface area contributed by atoms with Gasteiger partial charge in [-0.05, 0) is 0 Å². The molecule has 0 saturated heterocycles. The van der Waals surface area contributed by atoms with E-state index in [1.54, 1.807) is 0 Å². The zero-order valence-corrected chi connectivity index (χ0v) is 9.62. The van der Waals surface area contributed by atoms with Crippen molar-refractivity contribution in [2.45, 2.75) is 37.1 Å². The van der Waals surface area contributed by atoms with Gasteiger partial charge in [0.2, 0.25) is 0 Å². The Balaban J connectivity index is 4.02. The van der Waals surface area contributed by atoms with Crippen LogP contribution in [0, 0.1) is 0 Å². The van der Waals surface area contributed by atoms with Gasteiger partial charge in [0.15, 0.2) is 0 Å². The third-order valence-corrected chi connectivity index (χ3v) is 28.6. The maximum absolute atomic E-state index is 2.49. The number of hydrogen-bond acceptors (Lipinski definition) is 0. The molecule has 0 fully saturated rings. The Morgan fingerprint density at radius 3 is 1.00 bits per heavy atom. The van der Waals surface area contributed by atoms with Crippen LogP contribution in [0.1, 0.15) is 0 Å². The van der Waals surface area contributed by atoms with E-state index in [0.29, 0.717) is 0 Å². The van der Waals surface area contributed by atoms with Crippen molar-refractivity contribution in [1.29, 1.82) is 0 Å². The van der Waals surface area contributed by atoms with Crippen LogP contribution < -0.4 is 0 Å². The van der Waals surface area contributed by atoms with Gasteiger partial charge in [0, 0.05) is 0 Å². The van der Waals surface area contributed by atoms with Crippen LogP contribution in [0.15, 0.2) is 0 Å². The maximum atomic E-state index is 2.49. The van der Waals surface area contributed by atoms with E-state index in [1.807, 2.05) is 0 Å². The first kappa shape index (κ1) is 8.74. The first-order valence-electron chi connectivity index (χ1n) is 2.93. The molecule has 0 radical (unpaired) electrons. The molecule has 8 heavy (non-hydrogen) atoms. The molecule has 0 unspecified atom stereocenters. The second kappa shape index (κ2) is 2.16. The molecular weight excluding hydrogens is 179 g/mol. The summed E-state index contributed by atoms with van der Waals surface area (Å²) in [4.78, 5) is 0. The Labute approximate surface area is 56.4 Å². The van der Waals surface area contributed by atoms with E-state index in [4.69, 9.17) is 0 Å². The molecular formula is C6H18SeSi. The summed E-state index contributed by atoms with van der Waals surface area (Å²) in [5.74, 6) is 7.47. The Morgan fingerprint density at radius 2 is 1.00 bits per heavy atom. The van der Waals surface area contributed by atoms with Gasteiger partial charge in [-0.2, -0.15) is 0 Å². The Morgan fingerprint density at radius 1 is 0.875 bits per heavy atom. The summed E-state index contributed by atoms with van der Waals surface area (Å²) in [5, 5.41) is 0. The Kier molecular flexibility index (Phi) is 2.36. The van der Waals surface area contributed by atoms with Gasteiger partial charge in [0.25, 0.3) is 0 Å². The van der Waals surface area contributed by atoms with Crippen LogP contribution in [0.5, 0.6) is 0 Å². The first-order valence-corrected chi connectivity index (χ1v) is 14.0. The van der Waals surface area contributed by atoms with Crippen LogP contribution in [0.3, 0.4) is 0 Å². The summed E-state index contributed by atoms with van der Waals surface area (Å²) in [7, 11) is 0. The molecule has 0 atom stereocenters. The third kappa shape index (κ3) is 2.34. The van der Waals surface area contributed by atoms with E-state index in [-0.39, 0.29) is 0 Å². The fraction of sp³-hybridized carbons (Fsp3) is 1.00. The molecule has 0 heterocycles. The normalized spacial score (nSPS) is 16.2. The van der Waals surface area contributed by atoms with E-state index in [9.17, 15) is 0 Å². The minimum absolute atomic E-state index is 0.703. The molecule has 0 amide bonds. The summed E-state index contributed by atoms with van der Waals surface area (Å²) >= 11 is -0.882. The molecule has 0 rings (SSSR count). The average Bonchev–Trinajstić information content (AvgIpc) is 1.25. The van der Waals surface area contributed by atoms with Crippen LogP contribution >= 0.6 is 0 Å². The van der Waals surface area contributed by atoms with Gasteiger partial charge in [-0.25, -0.2) is 0 Å². The topological polar surface area (TPSA) is 0 Å². The molecule has 0 nitrogen and oxygen atoms in total. The summed E-state index contributed by atoms with van der Waals surface area (Å²) in [6, 6.07) is 0. The van der Waals surface area contributed by atoms with Crippen molar-refractivity contribution in [1.82, 2.24) is 0 Å². The van der Waals surface area contributed by atoms with Crippen molar-refractivity contribution in [3.8, 4) is 0 Å². The van der Waals surface area contributed by atoms with E-state index in [1.165, 1.54) is 0 Å². The monoisotopic (exact) mass is 198 g/mol. The van der Waals surface area contributed by atoms with Crippen molar-refractivity contribution in [3.05, 3.63) is 0 Å². The molecule has 0 aromatic heterocycles. The predicted molar refractivity (Wildman–Crippen MR) is 46.7 cm³/mol. The average molecular weight is 197 g/mol. The molecule has 0 aliphatic carbocycles. The minimum atomic E-state index is -0.882. The molecule has 0 aromatic rings. The van der Waals surface area contributed by atoms with Gasteiger partial charge in [-0.15, -0.1) is 0 Å². The standard InChI is InChI=1S/C6H18SeSi/c1-7(2,3)8(4,5)6/h1-6H3. The first-order chi connectivity index (χ1) is 3.25. The molecule has 0 aromatic carbocycles. The molecule has 0 N–H and O–H groups in total. The predicted octanol–water partition coefficient (Wildman–Crippen LogP) is 2.74. The van der Waals surface area contributed by atoms with Crippen LogP contribution in [0.25, 0.3) is 0 Å².